The molecule has 0 aliphatic rings. The Kier molecular flexibility index (Phi) is 4.00. The predicted octanol–water partition coefficient (Wildman–Crippen LogP) is 2.27. The Balaban J connectivity index is 2.29. The van der Waals surface area contributed by atoms with E-state index in [4.69, 9.17) is 10.5 Å². The molecule has 0 aliphatic heterocycles. The fraction of sp³-hybridized carbons (Fsp3) is 0.0667. The SMILES string of the molecule is COC(=O)c1cccc(C(=O)Oc2ccccc2)c1N. The fourth-order valence-electron chi connectivity index (χ4n) is 1.68. The number of hydrogen-bond donors (Lipinski definition) is 1. The average molecular weight is 271 g/mol. The normalized spacial score (nSPS) is 9.85. The van der Waals surface area contributed by atoms with Crippen LogP contribution in [-0.4, -0.2) is 19.0 Å². The van der Waals surface area contributed by atoms with Crippen LogP contribution in [0.2, 0.25) is 0 Å². The molecule has 0 aliphatic carbocycles. The summed E-state index contributed by atoms with van der Waals surface area (Å²) in [6.07, 6.45) is 0. The van der Waals surface area contributed by atoms with Crippen molar-refractivity contribution in [3.63, 3.8) is 0 Å². The second kappa shape index (κ2) is 5.88. The van der Waals surface area contributed by atoms with Crippen LogP contribution in [0.3, 0.4) is 0 Å². The summed E-state index contributed by atoms with van der Waals surface area (Å²) >= 11 is 0. The van der Waals surface area contributed by atoms with E-state index in [1.54, 1.807) is 30.3 Å². The molecule has 2 N–H and O–H groups in total. The van der Waals surface area contributed by atoms with Crippen LogP contribution in [0.25, 0.3) is 0 Å². The number of rotatable bonds is 3. The van der Waals surface area contributed by atoms with E-state index in [-0.39, 0.29) is 16.8 Å². The van der Waals surface area contributed by atoms with Gasteiger partial charge >= 0.3 is 11.9 Å². The molecule has 0 aromatic heterocycles. The summed E-state index contributed by atoms with van der Waals surface area (Å²) in [5, 5.41) is 0. The van der Waals surface area contributed by atoms with Crippen molar-refractivity contribution in [3.05, 3.63) is 59.7 Å². The molecular weight excluding hydrogens is 258 g/mol. The third kappa shape index (κ3) is 2.77. The van der Waals surface area contributed by atoms with Gasteiger partial charge in [-0.3, -0.25) is 0 Å². The highest BCUT2D eigenvalue weighted by Crippen LogP contribution is 2.20. The standard InChI is InChI=1S/C15H13NO4/c1-19-14(17)11-8-5-9-12(13(11)16)15(18)20-10-6-3-2-4-7-10/h2-9H,16H2,1H3. The Morgan fingerprint density at radius 3 is 2.10 bits per heavy atom. The van der Waals surface area contributed by atoms with Crippen LogP contribution in [0, 0.1) is 0 Å². The van der Waals surface area contributed by atoms with Crippen LogP contribution < -0.4 is 10.5 Å². The number of methoxy groups -OCH3 is 1. The lowest BCUT2D eigenvalue weighted by Crippen LogP contribution is -2.14. The maximum absolute atomic E-state index is 12.0. The smallest absolute Gasteiger partial charge is 0.345 e. The van der Waals surface area contributed by atoms with Gasteiger partial charge in [-0.2, -0.15) is 0 Å². The molecule has 0 unspecified atom stereocenters. The Morgan fingerprint density at radius 1 is 0.900 bits per heavy atom. The molecule has 0 bridgehead atoms. The fourth-order valence-corrected chi connectivity index (χ4v) is 1.68. The Bertz CT molecular complexity index is 638. The molecule has 5 nitrogen and oxygen atoms in total. The minimum Gasteiger partial charge on any atom is -0.465 e. The lowest BCUT2D eigenvalue weighted by molar-refractivity contribution is 0.0602. The summed E-state index contributed by atoms with van der Waals surface area (Å²) in [6, 6.07) is 13.1. The molecule has 0 atom stereocenters. The number of benzene rings is 2. The van der Waals surface area contributed by atoms with Crippen molar-refractivity contribution in [1.82, 2.24) is 0 Å². The number of carbonyl (C=O) groups excluding carboxylic acids is 2. The van der Waals surface area contributed by atoms with E-state index in [2.05, 4.69) is 4.74 Å². The van der Waals surface area contributed by atoms with E-state index in [0.717, 1.165) is 0 Å². The van der Waals surface area contributed by atoms with Crippen molar-refractivity contribution in [1.29, 1.82) is 0 Å². The first kappa shape index (κ1) is 13.6. The van der Waals surface area contributed by atoms with Crippen molar-refractivity contribution >= 4 is 17.6 Å². The van der Waals surface area contributed by atoms with Crippen molar-refractivity contribution in [2.75, 3.05) is 12.8 Å². The van der Waals surface area contributed by atoms with Gasteiger partial charge < -0.3 is 15.2 Å². The zero-order valence-electron chi connectivity index (χ0n) is 10.8. The van der Waals surface area contributed by atoms with Gasteiger partial charge in [0.2, 0.25) is 0 Å². The van der Waals surface area contributed by atoms with Crippen LogP contribution in [0.15, 0.2) is 48.5 Å². The molecule has 2 aromatic rings. The molecule has 0 saturated carbocycles. The largest absolute Gasteiger partial charge is 0.465 e. The maximum Gasteiger partial charge on any atom is 0.345 e. The summed E-state index contributed by atoms with van der Waals surface area (Å²) in [7, 11) is 1.25. The zero-order chi connectivity index (χ0) is 14.5. The molecule has 0 fully saturated rings. The molecule has 102 valence electrons. The van der Waals surface area contributed by atoms with Gasteiger partial charge in [-0.1, -0.05) is 24.3 Å². The number of nitrogens with two attached hydrogens (primary N) is 1. The molecule has 0 amide bonds. The van der Waals surface area contributed by atoms with Gasteiger partial charge in [0.25, 0.3) is 0 Å². The Labute approximate surface area is 115 Å². The highest BCUT2D eigenvalue weighted by atomic mass is 16.5. The monoisotopic (exact) mass is 271 g/mol. The summed E-state index contributed by atoms with van der Waals surface area (Å²) in [5.41, 5.74) is 6.11. The molecule has 0 spiro atoms. The second-order valence-electron chi connectivity index (χ2n) is 3.96. The van der Waals surface area contributed by atoms with Crippen molar-refractivity contribution in [3.8, 4) is 5.75 Å². The van der Waals surface area contributed by atoms with E-state index < -0.39 is 11.9 Å². The third-order valence-electron chi connectivity index (χ3n) is 2.69. The quantitative estimate of drug-likeness (QED) is 0.526. The third-order valence-corrected chi connectivity index (χ3v) is 2.69. The first-order valence-corrected chi connectivity index (χ1v) is 5.87. The average Bonchev–Trinajstić information content (AvgIpc) is 2.47. The number of anilines is 1. The van der Waals surface area contributed by atoms with Crippen LogP contribution in [-0.2, 0) is 4.74 Å². The number of para-hydroxylation sites is 2. The topological polar surface area (TPSA) is 78.6 Å². The minimum atomic E-state index is -0.626. The molecule has 0 radical (unpaired) electrons. The van der Waals surface area contributed by atoms with E-state index in [1.807, 2.05) is 6.07 Å². The van der Waals surface area contributed by atoms with Crippen LogP contribution in [0.5, 0.6) is 5.75 Å². The van der Waals surface area contributed by atoms with E-state index in [1.165, 1.54) is 19.2 Å². The number of nitrogen functional groups attached to an aromatic ring is 1. The van der Waals surface area contributed by atoms with E-state index in [0.29, 0.717) is 5.75 Å². The summed E-state index contributed by atoms with van der Waals surface area (Å²) in [4.78, 5) is 23.6. The molecule has 2 aromatic carbocycles. The molecule has 2 rings (SSSR count). The van der Waals surface area contributed by atoms with Crippen molar-refractivity contribution < 1.29 is 19.1 Å². The van der Waals surface area contributed by atoms with Crippen molar-refractivity contribution in [2.45, 2.75) is 0 Å². The highest BCUT2D eigenvalue weighted by Gasteiger charge is 2.18. The summed E-state index contributed by atoms with van der Waals surface area (Å²) in [5.74, 6) is -0.823. The van der Waals surface area contributed by atoms with Gasteiger partial charge in [0, 0.05) is 0 Å². The predicted molar refractivity (Wildman–Crippen MR) is 73.6 cm³/mol. The Hall–Kier alpha value is -2.82. The highest BCUT2D eigenvalue weighted by molar-refractivity contribution is 6.04. The zero-order valence-corrected chi connectivity index (χ0v) is 10.8. The van der Waals surface area contributed by atoms with Gasteiger partial charge in [0.1, 0.15) is 5.75 Å². The molecule has 0 heterocycles. The van der Waals surface area contributed by atoms with Gasteiger partial charge in [0.15, 0.2) is 0 Å². The lowest BCUT2D eigenvalue weighted by atomic mass is 10.1. The number of carbonyl (C=O) groups is 2. The van der Waals surface area contributed by atoms with E-state index >= 15 is 0 Å². The van der Waals surface area contributed by atoms with Crippen LogP contribution in [0.4, 0.5) is 5.69 Å². The second-order valence-corrected chi connectivity index (χ2v) is 3.96. The number of esters is 2. The lowest BCUT2D eigenvalue weighted by Gasteiger charge is -2.09. The molecule has 20 heavy (non-hydrogen) atoms. The molecule has 0 saturated heterocycles. The van der Waals surface area contributed by atoms with Gasteiger partial charge in [-0.15, -0.1) is 0 Å². The number of ether oxygens (including phenoxy) is 2. The van der Waals surface area contributed by atoms with Gasteiger partial charge in [-0.05, 0) is 24.3 Å². The van der Waals surface area contributed by atoms with Crippen LogP contribution >= 0.6 is 0 Å². The molecule has 5 heteroatoms. The van der Waals surface area contributed by atoms with E-state index in [9.17, 15) is 9.59 Å². The first-order valence-electron chi connectivity index (χ1n) is 5.87. The summed E-state index contributed by atoms with van der Waals surface area (Å²) < 4.78 is 9.78. The molecular formula is C15H13NO4. The number of hydrogen-bond acceptors (Lipinski definition) is 5. The van der Waals surface area contributed by atoms with Crippen molar-refractivity contribution in [2.24, 2.45) is 0 Å². The minimum absolute atomic E-state index is 0.0419. The van der Waals surface area contributed by atoms with Gasteiger partial charge in [0.05, 0.1) is 23.9 Å². The van der Waals surface area contributed by atoms with Gasteiger partial charge in [-0.25, -0.2) is 9.59 Å². The van der Waals surface area contributed by atoms with Crippen LogP contribution in [0.1, 0.15) is 20.7 Å². The summed E-state index contributed by atoms with van der Waals surface area (Å²) in [6.45, 7) is 0. The first-order chi connectivity index (χ1) is 9.63. The maximum atomic E-state index is 12.0. The Morgan fingerprint density at radius 2 is 1.50 bits per heavy atom.